The van der Waals surface area contributed by atoms with Crippen LogP contribution in [0.1, 0.15) is 25.0 Å². The highest BCUT2D eigenvalue weighted by molar-refractivity contribution is 5.97. The molecule has 2 N–H and O–H groups in total. The average molecular weight is 325 g/mol. The Kier molecular flexibility index (Phi) is 4.08. The van der Waals surface area contributed by atoms with Gasteiger partial charge in [-0.15, -0.1) is 0 Å². The van der Waals surface area contributed by atoms with Gasteiger partial charge in [-0.2, -0.15) is 0 Å². The minimum Gasteiger partial charge on any atom is -0.481 e. The Hall–Kier alpha value is -2.36. The lowest BCUT2D eigenvalue weighted by Crippen LogP contribution is -2.36. The van der Waals surface area contributed by atoms with Crippen LogP contribution in [0.3, 0.4) is 0 Å². The number of aliphatic carboxylic acids is 1. The zero-order valence-electron chi connectivity index (χ0n) is 14.5. The van der Waals surface area contributed by atoms with Gasteiger partial charge in [0.1, 0.15) is 0 Å². The van der Waals surface area contributed by atoms with Crippen molar-refractivity contribution in [1.29, 1.82) is 0 Å². The lowest BCUT2D eigenvalue weighted by atomic mass is 9.82. The molecule has 3 rings (SSSR count). The summed E-state index contributed by atoms with van der Waals surface area (Å²) < 4.78 is 0. The Morgan fingerprint density at radius 2 is 1.67 bits per heavy atom. The first-order valence-electron chi connectivity index (χ1n) is 8.28. The third kappa shape index (κ3) is 2.46. The predicted octanol–water partition coefficient (Wildman–Crippen LogP) is 3.71. The molecular formula is C20H23NO3. The summed E-state index contributed by atoms with van der Waals surface area (Å²) in [5.41, 5.74) is 5.08. The minimum atomic E-state index is -0.897. The second-order valence-corrected chi connectivity index (χ2v) is 7.02. The molecule has 4 heteroatoms. The van der Waals surface area contributed by atoms with Crippen LogP contribution in [0, 0.1) is 37.5 Å². The molecule has 0 spiro atoms. The van der Waals surface area contributed by atoms with E-state index in [1.165, 1.54) is 0 Å². The van der Waals surface area contributed by atoms with Gasteiger partial charge in [-0.1, -0.05) is 35.4 Å². The number of carboxylic acids is 1. The summed E-state index contributed by atoms with van der Waals surface area (Å²) in [6, 6.07) is 5.75. The van der Waals surface area contributed by atoms with Crippen LogP contribution < -0.4 is 5.32 Å². The number of fused-ring (bicyclic) bond motifs is 2. The van der Waals surface area contributed by atoms with Crippen molar-refractivity contribution in [1.82, 2.24) is 0 Å². The Balaban J connectivity index is 1.94. The molecule has 0 aliphatic heterocycles. The third-order valence-corrected chi connectivity index (χ3v) is 5.43. The van der Waals surface area contributed by atoms with Crippen molar-refractivity contribution in [3.8, 4) is 0 Å². The lowest BCUT2D eigenvalue weighted by molar-refractivity contribution is -0.146. The molecule has 2 aliphatic carbocycles. The standard InChI is InChI=1S/C20H23NO3/c1-10(2)16-13-8-9-14(16)18(20(23)24)17(13)19(22)21-15-7-5-6-11(3)12(15)4/h5-9,13-14,17-18H,1-4H3,(H,21,22)(H,23,24)/t13-,14-,17-,18-/m1/s1. The molecule has 1 aromatic carbocycles. The van der Waals surface area contributed by atoms with Crippen molar-refractivity contribution in [2.45, 2.75) is 27.7 Å². The molecule has 2 bridgehead atoms. The van der Waals surface area contributed by atoms with Crippen molar-refractivity contribution in [2.75, 3.05) is 5.32 Å². The monoisotopic (exact) mass is 325 g/mol. The van der Waals surface area contributed by atoms with Gasteiger partial charge in [0, 0.05) is 17.5 Å². The quantitative estimate of drug-likeness (QED) is 0.833. The van der Waals surface area contributed by atoms with Crippen LogP contribution in [0.4, 0.5) is 5.69 Å². The summed E-state index contributed by atoms with van der Waals surface area (Å²) in [7, 11) is 0. The second-order valence-electron chi connectivity index (χ2n) is 7.02. The summed E-state index contributed by atoms with van der Waals surface area (Å²) in [5.74, 6) is -2.60. The topological polar surface area (TPSA) is 66.4 Å². The van der Waals surface area contributed by atoms with E-state index in [2.05, 4.69) is 5.32 Å². The largest absolute Gasteiger partial charge is 0.481 e. The summed E-state index contributed by atoms with van der Waals surface area (Å²) in [4.78, 5) is 24.7. The van der Waals surface area contributed by atoms with Crippen LogP contribution in [0.2, 0.25) is 0 Å². The molecule has 1 fully saturated rings. The van der Waals surface area contributed by atoms with Crippen molar-refractivity contribution < 1.29 is 14.7 Å². The molecule has 1 aromatic rings. The van der Waals surface area contributed by atoms with E-state index in [9.17, 15) is 14.7 Å². The Labute approximate surface area is 142 Å². The summed E-state index contributed by atoms with van der Waals surface area (Å²) in [6.07, 6.45) is 3.95. The van der Waals surface area contributed by atoms with E-state index in [0.29, 0.717) is 0 Å². The van der Waals surface area contributed by atoms with Crippen LogP contribution in [-0.4, -0.2) is 17.0 Å². The number of hydrogen-bond acceptors (Lipinski definition) is 2. The van der Waals surface area contributed by atoms with Crippen molar-refractivity contribution in [2.24, 2.45) is 23.7 Å². The van der Waals surface area contributed by atoms with Gasteiger partial charge in [0.05, 0.1) is 11.8 Å². The number of rotatable bonds is 3. The van der Waals surface area contributed by atoms with Crippen molar-refractivity contribution >= 4 is 17.6 Å². The van der Waals surface area contributed by atoms with Gasteiger partial charge in [0.25, 0.3) is 0 Å². The lowest BCUT2D eigenvalue weighted by Gasteiger charge is -2.24. The molecule has 0 unspecified atom stereocenters. The highest BCUT2D eigenvalue weighted by atomic mass is 16.4. The van der Waals surface area contributed by atoms with E-state index in [1.807, 2.05) is 58.0 Å². The van der Waals surface area contributed by atoms with Crippen LogP contribution in [0.5, 0.6) is 0 Å². The number of carbonyl (C=O) groups excluding carboxylic acids is 1. The van der Waals surface area contributed by atoms with Crippen LogP contribution in [0.15, 0.2) is 41.5 Å². The number of anilines is 1. The molecule has 1 saturated carbocycles. The van der Waals surface area contributed by atoms with E-state index in [-0.39, 0.29) is 17.7 Å². The van der Waals surface area contributed by atoms with Gasteiger partial charge in [0.2, 0.25) is 5.91 Å². The zero-order valence-corrected chi connectivity index (χ0v) is 14.5. The number of aryl methyl sites for hydroxylation is 1. The molecular weight excluding hydrogens is 302 g/mol. The average Bonchev–Trinajstić information content (AvgIpc) is 3.07. The van der Waals surface area contributed by atoms with Crippen LogP contribution in [-0.2, 0) is 9.59 Å². The Bertz CT molecular complexity index is 771. The van der Waals surface area contributed by atoms with E-state index < -0.39 is 17.8 Å². The molecule has 126 valence electrons. The zero-order chi connectivity index (χ0) is 17.6. The molecule has 4 atom stereocenters. The Morgan fingerprint density at radius 3 is 2.25 bits per heavy atom. The van der Waals surface area contributed by atoms with E-state index in [1.54, 1.807) is 0 Å². The van der Waals surface area contributed by atoms with Crippen LogP contribution in [0.25, 0.3) is 0 Å². The normalized spacial score (nSPS) is 27.4. The maximum absolute atomic E-state index is 12.9. The maximum Gasteiger partial charge on any atom is 0.308 e. The van der Waals surface area contributed by atoms with Gasteiger partial charge in [-0.3, -0.25) is 9.59 Å². The number of amides is 1. The molecule has 0 saturated heterocycles. The smallest absolute Gasteiger partial charge is 0.308 e. The fourth-order valence-corrected chi connectivity index (χ4v) is 4.14. The first-order valence-corrected chi connectivity index (χ1v) is 8.28. The molecule has 4 nitrogen and oxygen atoms in total. The third-order valence-electron chi connectivity index (χ3n) is 5.43. The minimum absolute atomic E-state index is 0.105. The summed E-state index contributed by atoms with van der Waals surface area (Å²) in [5, 5.41) is 12.6. The van der Waals surface area contributed by atoms with Gasteiger partial charge >= 0.3 is 5.97 Å². The fraction of sp³-hybridized carbons (Fsp3) is 0.400. The number of allylic oxidation sites excluding steroid dienone is 4. The SMILES string of the molecule is CC(C)=C1[C@H]2C=C[C@H]1[C@@H](C(=O)Nc1cccc(C)c1C)[C@@H]2C(=O)O. The van der Waals surface area contributed by atoms with Crippen molar-refractivity contribution in [3.05, 3.63) is 52.6 Å². The van der Waals surface area contributed by atoms with Gasteiger partial charge < -0.3 is 10.4 Å². The van der Waals surface area contributed by atoms with Crippen LogP contribution >= 0.6 is 0 Å². The Morgan fingerprint density at radius 1 is 1.04 bits per heavy atom. The highest BCUT2D eigenvalue weighted by Gasteiger charge is 2.54. The number of carboxylic acid groups (broad SMARTS) is 1. The highest BCUT2D eigenvalue weighted by Crippen LogP contribution is 2.53. The van der Waals surface area contributed by atoms with E-state index in [0.717, 1.165) is 28.0 Å². The first-order chi connectivity index (χ1) is 11.3. The molecule has 0 aromatic heterocycles. The molecule has 0 heterocycles. The number of carbonyl (C=O) groups is 2. The summed E-state index contributed by atoms with van der Waals surface area (Å²) >= 11 is 0. The number of nitrogens with one attached hydrogen (secondary N) is 1. The molecule has 1 amide bonds. The molecule has 0 radical (unpaired) electrons. The first kappa shape index (κ1) is 16.5. The fourth-order valence-electron chi connectivity index (χ4n) is 4.14. The van der Waals surface area contributed by atoms with E-state index in [4.69, 9.17) is 0 Å². The van der Waals surface area contributed by atoms with E-state index >= 15 is 0 Å². The predicted molar refractivity (Wildman–Crippen MR) is 93.7 cm³/mol. The maximum atomic E-state index is 12.9. The second kappa shape index (κ2) is 5.93. The number of hydrogen-bond donors (Lipinski definition) is 2. The van der Waals surface area contributed by atoms with Crippen molar-refractivity contribution in [3.63, 3.8) is 0 Å². The molecule has 2 aliphatic rings. The van der Waals surface area contributed by atoms with Gasteiger partial charge in [-0.05, 0) is 44.9 Å². The molecule has 24 heavy (non-hydrogen) atoms. The number of benzene rings is 1. The summed E-state index contributed by atoms with van der Waals surface area (Å²) in [6.45, 7) is 7.94. The van der Waals surface area contributed by atoms with Gasteiger partial charge in [-0.25, -0.2) is 0 Å². The van der Waals surface area contributed by atoms with Gasteiger partial charge in [0.15, 0.2) is 0 Å².